The van der Waals surface area contributed by atoms with Crippen molar-refractivity contribution >= 4 is 49.2 Å². The molecule has 3 aliphatic heterocycles. The first-order chi connectivity index (χ1) is 17.3. The van der Waals surface area contributed by atoms with Crippen molar-refractivity contribution in [1.82, 2.24) is 29.8 Å². The van der Waals surface area contributed by atoms with E-state index in [1.165, 1.54) is 4.31 Å². The van der Waals surface area contributed by atoms with Crippen molar-refractivity contribution in [2.75, 3.05) is 30.4 Å². The van der Waals surface area contributed by atoms with Crippen molar-refractivity contribution < 1.29 is 8.42 Å². The second-order valence-electron chi connectivity index (χ2n) is 10.2. The molecule has 0 aliphatic carbocycles. The summed E-state index contributed by atoms with van der Waals surface area (Å²) in [7, 11) is -1.34. The van der Waals surface area contributed by atoms with E-state index < -0.39 is 10.0 Å². The van der Waals surface area contributed by atoms with Crippen molar-refractivity contribution in [3.63, 3.8) is 0 Å². The van der Waals surface area contributed by atoms with Crippen LogP contribution in [0.15, 0.2) is 17.5 Å². The van der Waals surface area contributed by atoms with E-state index in [1.54, 1.807) is 11.3 Å². The fraction of sp³-hybridized carbons (Fsp3) is 0.565. The summed E-state index contributed by atoms with van der Waals surface area (Å²) in [6, 6.07) is 6.55. The van der Waals surface area contributed by atoms with E-state index in [9.17, 15) is 8.42 Å². The van der Waals surface area contributed by atoms with Crippen molar-refractivity contribution in [2.24, 2.45) is 5.92 Å². The lowest BCUT2D eigenvalue weighted by Crippen LogP contribution is -2.61. The highest BCUT2D eigenvalue weighted by Gasteiger charge is 2.46. The van der Waals surface area contributed by atoms with Crippen LogP contribution in [0.4, 0.5) is 17.6 Å². The number of nitrogens with one attached hydrogen (secondary N) is 3. The van der Waals surface area contributed by atoms with Gasteiger partial charge in [-0.3, -0.25) is 5.10 Å². The first-order valence-electron chi connectivity index (χ1n) is 12.2. The Morgan fingerprint density at radius 3 is 2.64 bits per heavy atom. The number of fused-ring (bicyclic) bond motifs is 3. The summed E-state index contributed by atoms with van der Waals surface area (Å²) in [5.41, 5.74) is 0.964. The van der Waals surface area contributed by atoms with Gasteiger partial charge < -0.3 is 15.5 Å². The Kier molecular flexibility index (Phi) is 5.87. The summed E-state index contributed by atoms with van der Waals surface area (Å²) >= 11 is 1.58. The smallest absolute Gasteiger partial charge is 0.228 e. The van der Waals surface area contributed by atoms with E-state index in [4.69, 9.17) is 15.2 Å². The molecule has 0 spiro atoms. The number of H-pyrrole nitrogens is 1. The Morgan fingerprint density at radius 2 is 1.97 bits per heavy atom. The Bertz CT molecular complexity index is 1410. The molecule has 3 aliphatic rings. The van der Waals surface area contributed by atoms with E-state index in [0.29, 0.717) is 37.7 Å². The molecule has 3 fully saturated rings. The van der Waals surface area contributed by atoms with Crippen LogP contribution in [0.3, 0.4) is 0 Å². The third kappa shape index (κ3) is 4.21. The topological polar surface area (TPSA) is 143 Å². The summed E-state index contributed by atoms with van der Waals surface area (Å²) in [5.74, 6) is 1.91. The molecular formula is C23H29N9O2S2. The predicted octanol–water partition coefficient (Wildman–Crippen LogP) is 2.34. The van der Waals surface area contributed by atoms with Crippen LogP contribution in [0.5, 0.6) is 0 Å². The molecule has 190 valence electrons. The Hall–Kier alpha value is -2.79. The molecule has 36 heavy (non-hydrogen) atoms. The summed E-state index contributed by atoms with van der Waals surface area (Å²) in [5, 5.41) is 25.8. The summed E-state index contributed by atoms with van der Waals surface area (Å²) in [4.78, 5) is 12.8. The first kappa shape index (κ1) is 23.6. The quantitative estimate of drug-likeness (QED) is 0.440. The average Bonchev–Trinajstić information content (AvgIpc) is 3.45. The summed E-state index contributed by atoms with van der Waals surface area (Å²) < 4.78 is 27.8. The third-order valence-corrected chi connectivity index (χ3v) is 10.7. The van der Waals surface area contributed by atoms with Crippen LogP contribution in [0, 0.1) is 24.2 Å². The molecule has 3 aromatic rings. The Morgan fingerprint density at radius 1 is 1.22 bits per heavy atom. The van der Waals surface area contributed by atoms with Gasteiger partial charge in [0, 0.05) is 50.0 Å². The molecule has 0 aromatic carbocycles. The van der Waals surface area contributed by atoms with Gasteiger partial charge in [-0.05, 0) is 44.1 Å². The highest BCUT2D eigenvalue weighted by molar-refractivity contribution is 7.89. The number of thiophene rings is 1. The SMILES string of the molecule is Cc1cc(Nc2nc(N(C)C3CC4CC(S(=O)(=O)N5CC(C#N)C5)C[C@@H](C3)N4)nc3sccc23)n[nH]1. The molecule has 3 N–H and O–H groups in total. The lowest BCUT2D eigenvalue weighted by Gasteiger charge is -2.47. The normalized spacial score (nSPS) is 26.9. The molecule has 3 saturated heterocycles. The second kappa shape index (κ2) is 8.95. The summed E-state index contributed by atoms with van der Waals surface area (Å²) in [6.45, 7) is 2.62. The van der Waals surface area contributed by atoms with Gasteiger partial charge in [0.1, 0.15) is 10.6 Å². The third-order valence-electron chi connectivity index (χ3n) is 7.62. The van der Waals surface area contributed by atoms with Gasteiger partial charge in [0.25, 0.3) is 0 Å². The number of hydrogen-bond acceptors (Lipinski definition) is 10. The van der Waals surface area contributed by atoms with E-state index in [1.807, 2.05) is 31.5 Å². The Labute approximate surface area is 214 Å². The van der Waals surface area contributed by atoms with Crippen molar-refractivity contribution in [3.05, 3.63) is 23.2 Å². The number of aromatic amines is 1. The predicted molar refractivity (Wildman–Crippen MR) is 139 cm³/mol. The maximum absolute atomic E-state index is 13.1. The second-order valence-corrected chi connectivity index (χ2v) is 13.3. The number of rotatable bonds is 6. The minimum absolute atomic E-state index is 0.118. The highest BCUT2D eigenvalue weighted by atomic mass is 32.2. The maximum atomic E-state index is 13.1. The minimum atomic E-state index is -3.36. The summed E-state index contributed by atoms with van der Waals surface area (Å²) in [6.07, 6.45) is 2.83. The van der Waals surface area contributed by atoms with Gasteiger partial charge in [-0.2, -0.15) is 19.6 Å². The fourth-order valence-electron chi connectivity index (χ4n) is 5.64. The maximum Gasteiger partial charge on any atom is 0.228 e. The Balaban J connectivity index is 1.18. The molecule has 3 unspecified atom stereocenters. The average molecular weight is 528 g/mol. The van der Waals surface area contributed by atoms with Crippen LogP contribution in [0.2, 0.25) is 0 Å². The zero-order valence-corrected chi connectivity index (χ0v) is 21.8. The lowest BCUT2D eigenvalue weighted by molar-refractivity contribution is 0.204. The number of aromatic nitrogens is 4. The lowest BCUT2D eigenvalue weighted by atomic mass is 9.83. The molecule has 11 nitrogen and oxygen atoms in total. The molecule has 6 rings (SSSR count). The molecular weight excluding hydrogens is 498 g/mol. The zero-order chi connectivity index (χ0) is 25.0. The van der Waals surface area contributed by atoms with Gasteiger partial charge in [0.15, 0.2) is 5.82 Å². The van der Waals surface area contributed by atoms with Gasteiger partial charge in [-0.1, -0.05) is 0 Å². The number of nitrogens with zero attached hydrogens (tertiary/aromatic N) is 6. The van der Waals surface area contributed by atoms with Gasteiger partial charge >= 0.3 is 0 Å². The van der Waals surface area contributed by atoms with Crippen LogP contribution in [0.1, 0.15) is 31.4 Å². The van der Waals surface area contributed by atoms with Crippen LogP contribution in [0.25, 0.3) is 10.2 Å². The molecule has 6 heterocycles. The van der Waals surface area contributed by atoms with Crippen LogP contribution < -0.4 is 15.5 Å². The largest absolute Gasteiger partial charge is 0.341 e. The number of anilines is 3. The number of sulfonamides is 1. The van der Waals surface area contributed by atoms with Gasteiger partial charge in [-0.25, -0.2) is 13.4 Å². The molecule has 2 bridgehead atoms. The number of aryl methyl sites for hydroxylation is 1. The van der Waals surface area contributed by atoms with E-state index in [2.05, 4.69) is 31.8 Å². The van der Waals surface area contributed by atoms with Gasteiger partial charge in [0.2, 0.25) is 16.0 Å². The van der Waals surface area contributed by atoms with E-state index in [-0.39, 0.29) is 29.3 Å². The fourth-order valence-corrected chi connectivity index (χ4v) is 8.55. The molecule has 0 radical (unpaired) electrons. The highest BCUT2D eigenvalue weighted by Crippen LogP contribution is 2.36. The van der Waals surface area contributed by atoms with Crippen LogP contribution >= 0.6 is 11.3 Å². The van der Waals surface area contributed by atoms with Crippen molar-refractivity contribution in [2.45, 2.75) is 56.0 Å². The molecule has 0 saturated carbocycles. The molecule has 4 atom stereocenters. The zero-order valence-electron chi connectivity index (χ0n) is 20.2. The number of hydrogen-bond donors (Lipinski definition) is 3. The van der Waals surface area contributed by atoms with Crippen molar-refractivity contribution in [3.8, 4) is 6.07 Å². The molecule has 13 heteroatoms. The number of nitriles is 1. The van der Waals surface area contributed by atoms with Crippen molar-refractivity contribution in [1.29, 1.82) is 5.26 Å². The van der Waals surface area contributed by atoms with E-state index in [0.717, 1.165) is 34.6 Å². The monoisotopic (exact) mass is 527 g/mol. The minimum Gasteiger partial charge on any atom is -0.341 e. The van der Waals surface area contributed by atoms with Crippen LogP contribution in [-0.4, -0.2) is 76.4 Å². The van der Waals surface area contributed by atoms with Crippen LogP contribution in [-0.2, 0) is 10.0 Å². The van der Waals surface area contributed by atoms with Gasteiger partial charge in [-0.15, -0.1) is 11.3 Å². The molecule has 3 aromatic heterocycles. The van der Waals surface area contributed by atoms with Gasteiger partial charge in [0.05, 0.1) is 22.6 Å². The molecule has 0 amide bonds. The standard InChI is InChI=1S/C23H29N9O2S2/c1-13-5-20(30-29-13)26-21-19-3-4-35-22(19)28-23(27-21)31(2)17-6-15-8-18(9-16(7-17)25-15)36(33,34)32-11-14(10-24)12-32/h3-5,14-18,25H,6-9,11-12H2,1-2H3,(H2,26,27,28,29,30)/t15-,16?,17?,18?/m1/s1. The first-order valence-corrected chi connectivity index (χ1v) is 14.6. The van der Waals surface area contributed by atoms with E-state index >= 15 is 0 Å². The number of piperidine rings is 2.